The van der Waals surface area contributed by atoms with Gasteiger partial charge in [-0.15, -0.1) is 0 Å². The highest BCUT2D eigenvalue weighted by Crippen LogP contribution is 2.31. The summed E-state index contributed by atoms with van der Waals surface area (Å²) in [5.41, 5.74) is 7.73. The van der Waals surface area contributed by atoms with Gasteiger partial charge in [-0.1, -0.05) is 35.3 Å². The molecule has 0 fully saturated rings. The minimum atomic E-state index is -1.01. The Bertz CT molecular complexity index is 1010. The SMILES string of the molecule is Nc1ncc(-c2ccc(C(=O)O)cc2)cc1OCc1c(Cl)ccc(F)c1Cl. The van der Waals surface area contributed by atoms with Crippen LogP contribution in [-0.2, 0) is 6.61 Å². The van der Waals surface area contributed by atoms with Crippen molar-refractivity contribution >= 4 is 35.0 Å². The van der Waals surface area contributed by atoms with Crippen LogP contribution in [0.3, 0.4) is 0 Å². The molecular formula is C19H13Cl2FN2O3. The zero-order valence-electron chi connectivity index (χ0n) is 13.7. The van der Waals surface area contributed by atoms with E-state index in [1.807, 2.05) is 0 Å². The molecule has 1 heterocycles. The van der Waals surface area contributed by atoms with Crippen LogP contribution in [0.1, 0.15) is 15.9 Å². The molecule has 3 aromatic rings. The van der Waals surface area contributed by atoms with Crippen molar-refractivity contribution in [2.45, 2.75) is 6.61 Å². The van der Waals surface area contributed by atoms with Crippen LogP contribution in [0.2, 0.25) is 10.0 Å². The number of pyridine rings is 1. The van der Waals surface area contributed by atoms with Crippen molar-refractivity contribution in [3.05, 3.63) is 75.7 Å². The number of anilines is 1. The van der Waals surface area contributed by atoms with Gasteiger partial charge in [0.25, 0.3) is 0 Å². The maximum absolute atomic E-state index is 13.6. The number of benzene rings is 2. The highest BCUT2D eigenvalue weighted by Gasteiger charge is 2.13. The zero-order valence-corrected chi connectivity index (χ0v) is 15.3. The Morgan fingerprint density at radius 1 is 1.15 bits per heavy atom. The number of carboxylic acid groups (broad SMARTS) is 1. The van der Waals surface area contributed by atoms with E-state index >= 15 is 0 Å². The summed E-state index contributed by atoms with van der Waals surface area (Å²) < 4.78 is 19.3. The number of hydrogen-bond acceptors (Lipinski definition) is 4. The van der Waals surface area contributed by atoms with Crippen molar-refractivity contribution in [3.8, 4) is 16.9 Å². The van der Waals surface area contributed by atoms with Gasteiger partial charge in [0, 0.05) is 22.3 Å². The van der Waals surface area contributed by atoms with Gasteiger partial charge in [-0.2, -0.15) is 0 Å². The molecule has 138 valence electrons. The standard InChI is InChI=1S/C19H13Cl2FN2O3/c20-14-5-6-15(22)17(21)13(14)9-27-16-7-12(8-24-18(16)23)10-1-3-11(4-2-10)19(25)26/h1-8H,9H2,(H2,23,24)(H,25,26). The lowest BCUT2D eigenvalue weighted by molar-refractivity contribution is 0.0697. The van der Waals surface area contributed by atoms with E-state index in [4.69, 9.17) is 38.8 Å². The molecule has 0 radical (unpaired) electrons. The van der Waals surface area contributed by atoms with Crippen molar-refractivity contribution in [1.29, 1.82) is 0 Å². The number of carboxylic acids is 1. The third kappa shape index (κ3) is 4.13. The maximum Gasteiger partial charge on any atom is 0.335 e. The highest BCUT2D eigenvalue weighted by molar-refractivity contribution is 6.36. The van der Waals surface area contributed by atoms with Gasteiger partial charge in [0.15, 0.2) is 11.6 Å². The summed E-state index contributed by atoms with van der Waals surface area (Å²) in [7, 11) is 0. The fraction of sp³-hybridized carbons (Fsp3) is 0.0526. The molecule has 8 heteroatoms. The highest BCUT2D eigenvalue weighted by atomic mass is 35.5. The maximum atomic E-state index is 13.6. The third-order valence-corrected chi connectivity index (χ3v) is 4.62. The molecule has 0 spiro atoms. The molecule has 0 bridgehead atoms. The van der Waals surface area contributed by atoms with Crippen LogP contribution in [-0.4, -0.2) is 16.1 Å². The summed E-state index contributed by atoms with van der Waals surface area (Å²) in [6, 6.07) is 10.5. The molecule has 0 unspecified atom stereocenters. The molecule has 0 aliphatic rings. The first-order valence-electron chi connectivity index (χ1n) is 7.71. The monoisotopic (exact) mass is 406 g/mol. The summed E-state index contributed by atoms with van der Waals surface area (Å²) >= 11 is 12.0. The molecule has 0 aliphatic carbocycles. The average molecular weight is 407 g/mol. The fourth-order valence-electron chi connectivity index (χ4n) is 2.39. The Hall–Kier alpha value is -2.83. The predicted molar refractivity (Wildman–Crippen MR) is 102 cm³/mol. The number of rotatable bonds is 5. The number of halogens is 3. The van der Waals surface area contributed by atoms with Crippen LogP contribution < -0.4 is 10.5 Å². The van der Waals surface area contributed by atoms with E-state index in [2.05, 4.69) is 4.98 Å². The lowest BCUT2D eigenvalue weighted by Gasteiger charge is -2.12. The van der Waals surface area contributed by atoms with Gasteiger partial charge in [0.05, 0.1) is 10.6 Å². The quantitative estimate of drug-likeness (QED) is 0.578. The Balaban J connectivity index is 1.86. The summed E-state index contributed by atoms with van der Waals surface area (Å²) in [5, 5.41) is 9.13. The molecule has 1 aromatic heterocycles. The fourth-order valence-corrected chi connectivity index (χ4v) is 2.86. The molecule has 3 N–H and O–H groups in total. The second-order valence-electron chi connectivity index (χ2n) is 5.60. The van der Waals surface area contributed by atoms with Crippen molar-refractivity contribution in [2.75, 3.05) is 5.73 Å². The molecule has 0 saturated carbocycles. The van der Waals surface area contributed by atoms with Crippen LogP contribution in [0.5, 0.6) is 5.75 Å². The lowest BCUT2D eigenvalue weighted by Crippen LogP contribution is -2.03. The van der Waals surface area contributed by atoms with Gasteiger partial charge < -0.3 is 15.6 Å². The van der Waals surface area contributed by atoms with E-state index in [-0.39, 0.29) is 33.8 Å². The molecule has 5 nitrogen and oxygen atoms in total. The number of aromatic carboxylic acids is 1. The van der Waals surface area contributed by atoms with Crippen molar-refractivity contribution in [2.24, 2.45) is 0 Å². The number of nitrogens with zero attached hydrogens (tertiary/aromatic N) is 1. The summed E-state index contributed by atoms with van der Waals surface area (Å²) in [4.78, 5) is 15.0. The van der Waals surface area contributed by atoms with E-state index < -0.39 is 11.8 Å². The van der Waals surface area contributed by atoms with Crippen LogP contribution in [0, 0.1) is 5.82 Å². The first kappa shape index (κ1) is 18.9. The van der Waals surface area contributed by atoms with Crippen LogP contribution in [0.4, 0.5) is 10.2 Å². The molecule has 2 aromatic carbocycles. The number of hydrogen-bond donors (Lipinski definition) is 2. The molecule has 0 aliphatic heterocycles. The van der Waals surface area contributed by atoms with E-state index in [0.29, 0.717) is 11.1 Å². The van der Waals surface area contributed by atoms with Gasteiger partial charge >= 0.3 is 5.97 Å². The normalized spacial score (nSPS) is 10.6. The molecule has 27 heavy (non-hydrogen) atoms. The number of nitrogens with two attached hydrogens (primary N) is 1. The predicted octanol–water partition coefficient (Wildman–Crippen LogP) is 5.05. The third-order valence-electron chi connectivity index (χ3n) is 3.86. The summed E-state index contributed by atoms with van der Waals surface area (Å²) in [6.07, 6.45) is 1.54. The topological polar surface area (TPSA) is 85.4 Å². The summed E-state index contributed by atoms with van der Waals surface area (Å²) in [6.45, 7) is -0.0945. The minimum absolute atomic E-state index is 0.0945. The molecular weight excluding hydrogens is 394 g/mol. The number of nitrogen functional groups attached to an aromatic ring is 1. The van der Waals surface area contributed by atoms with Gasteiger partial charge in [-0.25, -0.2) is 14.2 Å². The van der Waals surface area contributed by atoms with E-state index in [1.54, 1.807) is 24.4 Å². The van der Waals surface area contributed by atoms with Gasteiger partial charge in [0.1, 0.15) is 12.4 Å². The van der Waals surface area contributed by atoms with Crippen LogP contribution in [0.25, 0.3) is 11.1 Å². The average Bonchev–Trinajstić information content (AvgIpc) is 2.66. The molecule has 3 rings (SSSR count). The molecule has 0 atom stereocenters. The second kappa shape index (κ2) is 7.82. The largest absolute Gasteiger partial charge is 0.485 e. The molecule has 0 saturated heterocycles. The molecule has 0 amide bonds. The summed E-state index contributed by atoms with van der Waals surface area (Å²) in [5.74, 6) is -1.20. The van der Waals surface area contributed by atoms with E-state index in [0.717, 1.165) is 5.56 Å². The van der Waals surface area contributed by atoms with Crippen molar-refractivity contribution in [1.82, 2.24) is 4.98 Å². The van der Waals surface area contributed by atoms with E-state index in [1.165, 1.54) is 24.3 Å². The number of aromatic nitrogens is 1. The Kier molecular flexibility index (Phi) is 5.48. The Labute approximate surface area is 164 Å². The van der Waals surface area contributed by atoms with Crippen LogP contribution in [0.15, 0.2) is 48.7 Å². The smallest absolute Gasteiger partial charge is 0.335 e. The van der Waals surface area contributed by atoms with Crippen molar-refractivity contribution in [3.63, 3.8) is 0 Å². The van der Waals surface area contributed by atoms with Gasteiger partial charge in [0.2, 0.25) is 0 Å². The Morgan fingerprint density at radius 2 is 1.85 bits per heavy atom. The van der Waals surface area contributed by atoms with E-state index in [9.17, 15) is 9.18 Å². The van der Waals surface area contributed by atoms with Gasteiger partial charge in [-0.05, 0) is 35.9 Å². The second-order valence-corrected chi connectivity index (χ2v) is 6.39. The van der Waals surface area contributed by atoms with Crippen molar-refractivity contribution < 1.29 is 19.0 Å². The Morgan fingerprint density at radius 3 is 2.52 bits per heavy atom. The lowest BCUT2D eigenvalue weighted by atomic mass is 10.1. The van der Waals surface area contributed by atoms with Gasteiger partial charge in [-0.3, -0.25) is 0 Å². The minimum Gasteiger partial charge on any atom is -0.485 e. The van der Waals surface area contributed by atoms with Crippen LogP contribution >= 0.6 is 23.2 Å². The zero-order chi connectivity index (χ0) is 19.6. The first-order chi connectivity index (χ1) is 12.9. The first-order valence-corrected chi connectivity index (χ1v) is 8.47. The number of ether oxygens (including phenoxy) is 1. The number of carbonyl (C=O) groups is 1.